The lowest BCUT2D eigenvalue weighted by Gasteiger charge is -2.36. The molecule has 34 heavy (non-hydrogen) atoms. The largest absolute Gasteiger partial charge is 0.469 e. The van der Waals surface area contributed by atoms with E-state index >= 15 is 0 Å². The van der Waals surface area contributed by atoms with Crippen LogP contribution in [0.3, 0.4) is 0 Å². The highest BCUT2D eigenvalue weighted by atomic mass is 16.3. The quantitative estimate of drug-likeness (QED) is 0.561. The normalized spacial score (nSPS) is 20.1. The molecule has 1 aliphatic carbocycles. The summed E-state index contributed by atoms with van der Waals surface area (Å²) in [6.07, 6.45) is 2.65. The number of allylic oxidation sites excluding steroid dienone is 3. The summed E-state index contributed by atoms with van der Waals surface area (Å²) in [6, 6.07) is 17.3. The highest BCUT2D eigenvalue weighted by molar-refractivity contribution is 6.09. The molecule has 0 saturated heterocycles. The molecule has 2 aromatic heterocycles. The topological polar surface area (TPSA) is 84.2 Å². The number of aromatic nitrogens is 1. The molecule has 2 N–H and O–H groups in total. The molecule has 6 heteroatoms. The molecule has 3 heterocycles. The Kier molecular flexibility index (Phi) is 5.65. The number of hydrogen-bond donors (Lipinski definition) is 2. The van der Waals surface area contributed by atoms with Crippen molar-refractivity contribution in [3.8, 4) is 0 Å². The number of anilines is 1. The summed E-state index contributed by atoms with van der Waals surface area (Å²) in [4.78, 5) is 31.5. The summed E-state index contributed by atoms with van der Waals surface area (Å²) in [7, 11) is 0. The molecule has 0 radical (unpaired) electrons. The average Bonchev–Trinajstić information content (AvgIpc) is 3.33. The number of benzene rings is 1. The standard InChI is InChI=1S/C28H27N3O3/c1-16-9-11-19(12-10-16)26-25(28(33)31-24-8-4-6-17(2)29-24)18(3)30-21-14-20(15-22(32)27(21)26)23-7-5-13-34-23/h4-13,20,26,30H,14-15H2,1-3H3,(H,29,31,33). The van der Waals surface area contributed by atoms with Crippen molar-refractivity contribution in [3.05, 3.63) is 106 Å². The maximum atomic E-state index is 13.6. The summed E-state index contributed by atoms with van der Waals surface area (Å²) in [5.74, 6) is 0.594. The van der Waals surface area contributed by atoms with Gasteiger partial charge in [0.05, 0.1) is 6.26 Å². The predicted molar refractivity (Wildman–Crippen MR) is 130 cm³/mol. The fraction of sp³-hybridized carbons (Fsp3) is 0.250. The molecule has 0 bridgehead atoms. The first-order chi connectivity index (χ1) is 16.4. The van der Waals surface area contributed by atoms with Gasteiger partial charge in [-0.05, 0) is 57.0 Å². The number of nitrogens with zero attached hydrogens (tertiary/aromatic N) is 1. The first-order valence-corrected chi connectivity index (χ1v) is 11.5. The summed E-state index contributed by atoms with van der Waals surface area (Å²) in [5.41, 5.74) is 5.67. The summed E-state index contributed by atoms with van der Waals surface area (Å²) < 4.78 is 5.60. The van der Waals surface area contributed by atoms with Gasteiger partial charge in [-0.15, -0.1) is 0 Å². The van der Waals surface area contributed by atoms with Crippen molar-refractivity contribution >= 4 is 17.5 Å². The van der Waals surface area contributed by atoms with Crippen LogP contribution < -0.4 is 10.6 Å². The number of dihydropyridines is 1. The molecule has 1 aliphatic heterocycles. The lowest BCUT2D eigenvalue weighted by Crippen LogP contribution is -2.37. The van der Waals surface area contributed by atoms with Crippen LogP contribution in [0.2, 0.25) is 0 Å². The van der Waals surface area contributed by atoms with Gasteiger partial charge >= 0.3 is 0 Å². The van der Waals surface area contributed by atoms with E-state index in [0.29, 0.717) is 29.8 Å². The zero-order chi connectivity index (χ0) is 23.8. The molecule has 0 fully saturated rings. The second kappa shape index (κ2) is 8.78. The van der Waals surface area contributed by atoms with Crippen LogP contribution in [0.5, 0.6) is 0 Å². The number of carbonyl (C=O) groups excluding carboxylic acids is 2. The van der Waals surface area contributed by atoms with Crippen LogP contribution in [0.4, 0.5) is 5.82 Å². The molecule has 172 valence electrons. The maximum absolute atomic E-state index is 13.6. The van der Waals surface area contributed by atoms with Crippen LogP contribution in [0.15, 0.2) is 87.8 Å². The van der Waals surface area contributed by atoms with E-state index in [1.807, 2.05) is 69.3 Å². The molecular weight excluding hydrogens is 426 g/mol. The third-order valence-corrected chi connectivity index (χ3v) is 6.56. The van der Waals surface area contributed by atoms with Gasteiger partial charge in [0.15, 0.2) is 5.78 Å². The van der Waals surface area contributed by atoms with Gasteiger partial charge in [-0.3, -0.25) is 9.59 Å². The van der Waals surface area contributed by atoms with Gasteiger partial charge in [0.2, 0.25) is 0 Å². The summed E-state index contributed by atoms with van der Waals surface area (Å²) in [6.45, 7) is 5.80. The zero-order valence-electron chi connectivity index (χ0n) is 19.5. The van der Waals surface area contributed by atoms with Crippen LogP contribution in [0, 0.1) is 13.8 Å². The van der Waals surface area contributed by atoms with Crippen molar-refractivity contribution in [3.63, 3.8) is 0 Å². The van der Waals surface area contributed by atoms with E-state index in [1.54, 1.807) is 12.3 Å². The number of ketones is 1. The minimum Gasteiger partial charge on any atom is -0.469 e. The fourth-order valence-electron chi connectivity index (χ4n) is 4.95. The van der Waals surface area contributed by atoms with E-state index in [1.165, 1.54) is 0 Å². The second-order valence-corrected chi connectivity index (χ2v) is 9.06. The Morgan fingerprint density at radius 1 is 1.03 bits per heavy atom. The lowest BCUT2D eigenvalue weighted by molar-refractivity contribution is -0.116. The van der Waals surface area contributed by atoms with Crippen LogP contribution >= 0.6 is 0 Å². The van der Waals surface area contributed by atoms with Gasteiger partial charge in [-0.2, -0.15) is 0 Å². The van der Waals surface area contributed by atoms with Gasteiger partial charge in [-0.25, -0.2) is 4.98 Å². The first kappa shape index (κ1) is 21.9. The first-order valence-electron chi connectivity index (χ1n) is 11.5. The van der Waals surface area contributed by atoms with Crippen LogP contribution in [-0.4, -0.2) is 16.7 Å². The molecule has 2 unspecified atom stereocenters. The maximum Gasteiger partial charge on any atom is 0.255 e. The second-order valence-electron chi connectivity index (χ2n) is 9.06. The Bertz CT molecular complexity index is 1320. The molecular formula is C28H27N3O3. The van der Waals surface area contributed by atoms with E-state index in [9.17, 15) is 9.59 Å². The van der Waals surface area contributed by atoms with Gasteiger partial charge < -0.3 is 15.1 Å². The fourth-order valence-corrected chi connectivity index (χ4v) is 4.95. The molecule has 0 saturated carbocycles. The van der Waals surface area contributed by atoms with Crippen LogP contribution in [0.1, 0.15) is 54.2 Å². The Morgan fingerprint density at radius 3 is 2.53 bits per heavy atom. The number of rotatable bonds is 4. The molecule has 1 aromatic carbocycles. The lowest BCUT2D eigenvalue weighted by atomic mass is 9.72. The Hall–Kier alpha value is -3.93. The van der Waals surface area contributed by atoms with Gasteiger partial charge in [-0.1, -0.05) is 35.9 Å². The van der Waals surface area contributed by atoms with Crippen molar-refractivity contribution in [2.24, 2.45) is 0 Å². The predicted octanol–water partition coefficient (Wildman–Crippen LogP) is 5.29. The minimum atomic E-state index is -0.452. The zero-order valence-corrected chi connectivity index (χ0v) is 19.5. The van der Waals surface area contributed by atoms with Crippen LogP contribution in [-0.2, 0) is 9.59 Å². The molecule has 2 aliphatic rings. The highest BCUT2D eigenvalue weighted by Crippen LogP contribution is 2.45. The molecule has 3 aromatic rings. The third kappa shape index (κ3) is 4.07. The molecule has 2 atom stereocenters. The number of aryl methyl sites for hydroxylation is 2. The van der Waals surface area contributed by atoms with E-state index in [-0.39, 0.29) is 17.6 Å². The van der Waals surface area contributed by atoms with Gasteiger partial charge in [0.25, 0.3) is 5.91 Å². The molecule has 6 nitrogen and oxygen atoms in total. The molecule has 0 spiro atoms. The smallest absolute Gasteiger partial charge is 0.255 e. The van der Waals surface area contributed by atoms with Crippen molar-refractivity contribution in [2.75, 3.05) is 5.32 Å². The Labute approximate surface area is 198 Å². The number of amides is 1. The van der Waals surface area contributed by atoms with E-state index in [4.69, 9.17) is 4.42 Å². The van der Waals surface area contributed by atoms with Gasteiger partial charge in [0, 0.05) is 46.5 Å². The van der Waals surface area contributed by atoms with Crippen molar-refractivity contribution in [2.45, 2.75) is 45.4 Å². The SMILES string of the molecule is CC1=C(C(=O)Nc2cccc(C)n2)C(c2ccc(C)cc2)C2=C(CC(c3ccco3)CC2=O)N1. The number of hydrogen-bond acceptors (Lipinski definition) is 5. The monoisotopic (exact) mass is 453 g/mol. The number of Topliss-reactive ketones (excluding diaryl/α,β-unsaturated/α-hetero) is 1. The number of carbonyl (C=O) groups is 2. The highest BCUT2D eigenvalue weighted by Gasteiger charge is 2.41. The van der Waals surface area contributed by atoms with E-state index in [0.717, 1.165) is 34.0 Å². The Morgan fingerprint density at radius 2 is 1.82 bits per heavy atom. The minimum absolute atomic E-state index is 0.0212. The van der Waals surface area contributed by atoms with Crippen molar-refractivity contribution in [1.82, 2.24) is 10.3 Å². The van der Waals surface area contributed by atoms with E-state index < -0.39 is 5.92 Å². The number of furan rings is 1. The van der Waals surface area contributed by atoms with Gasteiger partial charge in [0.1, 0.15) is 11.6 Å². The number of pyridine rings is 1. The van der Waals surface area contributed by atoms with Crippen molar-refractivity contribution in [1.29, 1.82) is 0 Å². The van der Waals surface area contributed by atoms with Crippen LogP contribution in [0.25, 0.3) is 0 Å². The average molecular weight is 454 g/mol. The Balaban J connectivity index is 1.56. The molecule has 5 rings (SSSR count). The molecule has 1 amide bonds. The summed E-state index contributed by atoms with van der Waals surface area (Å²) >= 11 is 0. The van der Waals surface area contributed by atoms with Crippen molar-refractivity contribution < 1.29 is 14.0 Å². The summed E-state index contributed by atoms with van der Waals surface area (Å²) in [5, 5.41) is 6.33. The van der Waals surface area contributed by atoms with E-state index in [2.05, 4.69) is 15.6 Å². The number of nitrogens with one attached hydrogen (secondary N) is 2. The third-order valence-electron chi connectivity index (χ3n) is 6.56.